The van der Waals surface area contributed by atoms with Gasteiger partial charge in [0.15, 0.2) is 0 Å². The summed E-state index contributed by atoms with van der Waals surface area (Å²) < 4.78 is 5.74. The molecule has 0 saturated carbocycles. The fourth-order valence-corrected chi connectivity index (χ4v) is 3.39. The summed E-state index contributed by atoms with van der Waals surface area (Å²) in [6.45, 7) is 4.66. The summed E-state index contributed by atoms with van der Waals surface area (Å²) in [5.74, 6) is 0.661. The first-order chi connectivity index (χ1) is 12.5. The molecule has 0 aliphatic carbocycles. The highest BCUT2D eigenvalue weighted by Crippen LogP contribution is 2.21. The van der Waals surface area contributed by atoms with Crippen molar-refractivity contribution in [3.63, 3.8) is 0 Å². The van der Waals surface area contributed by atoms with Crippen molar-refractivity contribution in [3.8, 4) is 5.75 Å². The number of rotatable bonds is 6. The standard InChI is InChI=1S/C20H19ClN2O2S/c1-13-3-9-17(10-4-13)25-12-18-23-14(2)19(26-18)20(24)22-11-15-5-7-16(21)8-6-15/h3-10H,11-12H2,1-2H3,(H,22,24). The van der Waals surface area contributed by atoms with Crippen LogP contribution in [0.25, 0.3) is 0 Å². The molecule has 3 rings (SSSR count). The van der Waals surface area contributed by atoms with Crippen LogP contribution in [0, 0.1) is 13.8 Å². The number of aromatic nitrogens is 1. The number of amides is 1. The Morgan fingerprint density at radius 2 is 1.81 bits per heavy atom. The summed E-state index contributed by atoms with van der Waals surface area (Å²) in [6, 6.07) is 15.2. The molecule has 1 amide bonds. The molecular weight excluding hydrogens is 368 g/mol. The van der Waals surface area contributed by atoms with Crippen LogP contribution in [0.2, 0.25) is 5.02 Å². The summed E-state index contributed by atoms with van der Waals surface area (Å²) in [6.07, 6.45) is 0. The molecular formula is C20H19ClN2O2S. The normalized spacial score (nSPS) is 10.6. The fraction of sp³-hybridized carbons (Fsp3) is 0.200. The van der Waals surface area contributed by atoms with Crippen molar-refractivity contribution in [2.24, 2.45) is 0 Å². The topological polar surface area (TPSA) is 51.2 Å². The van der Waals surface area contributed by atoms with Gasteiger partial charge in [0, 0.05) is 11.6 Å². The summed E-state index contributed by atoms with van der Waals surface area (Å²) in [4.78, 5) is 17.5. The van der Waals surface area contributed by atoms with Crippen LogP contribution in [-0.2, 0) is 13.2 Å². The quantitative estimate of drug-likeness (QED) is 0.654. The van der Waals surface area contributed by atoms with Crippen LogP contribution in [-0.4, -0.2) is 10.9 Å². The summed E-state index contributed by atoms with van der Waals surface area (Å²) in [5, 5.41) is 4.37. The molecule has 4 nitrogen and oxygen atoms in total. The summed E-state index contributed by atoms with van der Waals surface area (Å²) in [5.41, 5.74) is 2.89. The van der Waals surface area contributed by atoms with Gasteiger partial charge in [-0.2, -0.15) is 0 Å². The minimum absolute atomic E-state index is 0.128. The van der Waals surface area contributed by atoms with Crippen LogP contribution in [0.15, 0.2) is 48.5 Å². The molecule has 0 saturated heterocycles. The molecule has 134 valence electrons. The molecule has 0 unspecified atom stereocenters. The Morgan fingerprint density at radius 1 is 1.12 bits per heavy atom. The average molecular weight is 387 g/mol. The smallest absolute Gasteiger partial charge is 0.263 e. The number of carbonyl (C=O) groups is 1. The molecule has 0 aliphatic heterocycles. The van der Waals surface area contributed by atoms with Crippen LogP contribution in [0.1, 0.15) is 31.5 Å². The lowest BCUT2D eigenvalue weighted by Gasteiger charge is -2.04. The van der Waals surface area contributed by atoms with Crippen LogP contribution in [0.5, 0.6) is 5.75 Å². The van der Waals surface area contributed by atoms with Crippen molar-refractivity contribution in [2.75, 3.05) is 0 Å². The Bertz CT molecular complexity index is 889. The van der Waals surface area contributed by atoms with Crippen molar-refractivity contribution in [3.05, 3.63) is 80.3 Å². The van der Waals surface area contributed by atoms with E-state index in [1.807, 2.05) is 62.4 Å². The molecule has 0 atom stereocenters. The third-order valence-corrected chi connectivity index (χ3v) is 5.18. The predicted octanol–water partition coefficient (Wildman–Crippen LogP) is 4.92. The first-order valence-corrected chi connectivity index (χ1v) is 9.39. The van der Waals surface area contributed by atoms with E-state index in [0.717, 1.165) is 16.3 Å². The second-order valence-electron chi connectivity index (χ2n) is 5.93. The summed E-state index contributed by atoms with van der Waals surface area (Å²) >= 11 is 7.23. The number of benzene rings is 2. The highest BCUT2D eigenvalue weighted by atomic mass is 35.5. The maximum Gasteiger partial charge on any atom is 0.263 e. The average Bonchev–Trinajstić information content (AvgIpc) is 3.01. The fourth-order valence-electron chi connectivity index (χ4n) is 2.37. The molecule has 1 aromatic heterocycles. The molecule has 1 heterocycles. The number of thiazole rings is 1. The number of aryl methyl sites for hydroxylation is 2. The van der Waals surface area contributed by atoms with Gasteiger partial charge in [-0.05, 0) is 43.7 Å². The van der Waals surface area contributed by atoms with Gasteiger partial charge in [0.25, 0.3) is 5.91 Å². The van der Waals surface area contributed by atoms with E-state index in [1.165, 1.54) is 16.9 Å². The first-order valence-electron chi connectivity index (χ1n) is 8.19. The maximum absolute atomic E-state index is 12.4. The largest absolute Gasteiger partial charge is 0.486 e. The van der Waals surface area contributed by atoms with E-state index in [9.17, 15) is 4.79 Å². The molecule has 0 aliphatic rings. The van der Waals surface area contributed by atoms with Crippen LogP contribution >= 0.6 is 22.9 Å². The van der Waals surface area contributed by atoms with Gasteiger partial charge in [-0.3, -0.25) is 4.79 Å². The highest BCUT2D eigenvalue weighted by Gasteiger charge is 2.15. The number of nitrogens with zero attached hydrogens (tertiary/aromatic N) is 1. The van der Waals surface area contributed by atoms with Gasteiger partial charge in [-0.25, -0.2) is 4.98 Å². The van der Waals surface area contributed by atoms with E-state index < -0.39 is 0 Å². The van der Waals surface area contributed by atoms with Gasteiger partial charge in [0.05, 0.1) is 5.69 Å². The van der Waals surface area contributed by atoms with Crippen molar-refractivity contribution in [1.82, 2.24) is 10.3 Å². The van der Waals surface area contributed by atoms with Gasteiger partial charge in [0.2, 0.25) is 0 Å². The number of carbonyl (C=O) groups excluding carboxylic acids is 1. The lowest BCUT2D eigenvalue weighted by Crippen LogP contribution is -2.22. The molecule has 3 aromatic rings. The van der Waals surface area contributed by atoms with E-state index in [1.54, 1.807) is 0 Å². The number of ether oxygens (including phenoxy) is 1. The highest BCUT2D eigenvalue weighted by molar-refractivity contribution is 7.13. The van der Waals surface area contributed by atoms with E-state index in [4.69, 9.17) is 16.3 Å². The van der Waals surface area contributed by atoms with Gasteiger partial charge in [-0.1, -0.05) is 41.4 Å². The van der Waals surface area contributed by atoms with Gasteiger partial charge < -0.3 is 10.1 Å². The van der Waals surface area contributed by atoms with E-state index in [2.05, 4.69) is 10.3 Å². The van der Waals surface area contributed by atoms with Gasteiger partial charge >= 0.3 is 0 Å². The van der Waals surface area contributed by atoms with E-state index in [0.29, 0.717) is 28.7 Å². The van der Waals surface area contributed by atoms with Crippen molar-refractivity contribution in [1.29, 1.82) is 0 Å². The third kappa shape index (κ3) is 4.84. The summed E-state index contributed by atoms with van der Waals surface area (Å²) in [7, 11) is 0. The first kappa shape index (κ1) is 18.4. The molecule has 0 radical (unpaired) electrons. The molecule has 0 spiro atoms. The number of hydrogen-bond donors (Lipinski definition) is 1. The van der Waals surface area contributed by atoms with Crippen molar-refractivity contribution in [2.45, 2.75) is 27.0 Å². The Morgan fingerprint density at radius 3 is 2.50 bits per heavy atom. The zero-order valence-electron chi connectivity index (χ0n) is 14.6. The van der Waals surface area contributed by atoms with Crippen LogP contribution in [0.4, 0.5) is 0 Å². The predicted molar refractivity (Wildman–Crippen MR) is 105 cm³/mol. The second kappa shape index (κ2) is 8.34. The number of nitrogens with one attached hydrogen (secondary N) is 1. The molecule has 6 heteroatoms. The monoisotopic (exact) mass is 386 g/mol. The van der Waals surface area contributed by atoms with Crippen LogP contribution in [0.3, 0.4) is 0 Å². The minimum Gasteiger partial charge on any atom is -0.486 e. The Labute approximate surface area is 161 Å². The zero-order valence-corrected chi connectivity index (χ0v) is 16.2. The lowest BCUT2D eigenvalue weighted by molar-refractivity contribution is 0.0954. The van der Waals surface area contributed by atoms with E-state index in [-0.39, 0.29) is 5.91 Å². The second-order valence-corrected chi connectivity index (χ2v) is 7.45. The molecule has 2 aromatic carbocycles. The zero-order chi connectivity index (χ0) is 18.5. The van der Waals surface area contributed by atoms with Crippen molar-refractivity contribution >= 4 is 28.8 Å². The molecule has 0 fully saturated rings. The Balaban J connectivity index is 1.58. The minimum atomic E-state index is -0.128. The Hall–Kier alpha value is -2.37. The molecule has 0 bridgehead atoms. The molecule has 26 heavy (non-hydrogen) atoms. The van der Waals surface area contributed by atoms with E-state index >= 15 is 0 Å². The van der Waals surface area contributed by atoms with Crippen molar-refractivity contribution < 1.29 is 9.53 Å². The Kier molecular flexibility index (Phi) is 5.91. The SMILES string of the molecule is Cc1ccc(OCc2nc(C)c(C(=O)NCc3ccc(Cl)cc3)s2)cc1. The van der Waals surface area contributed by atoms with Crippen LogP contribution < -0.4 is 10.1 Å². The lowest BCUT2D eigenvalue weighted by atomic mass is 10.2. The maximum atomic E-state index is 12.4. The number of halogens is 1. The van der Waals surface area contributed by atoms with Gasteiger partial charge in [0.1, 0.15) is 22.2 Å². The number of hydrogen-bond acceptors (Lipinski definition) is 4. The van der Waals surface area contributed by atoms with Gasteiger partial charge in [-0.15, -0.1) is 11.3 Å². The molecule has 1 N–H and O–H groups in total. The third-order valence-electron chi connectivity index (χ3n) is 3.80.